The highest BCUT2D eigenvalue weighted by atomic mass is 32.2. The Morgan fingerprint density at radius 3 is 2.28 bits per heavy atom. The van der Waals surface area contributed by atoms with Gasteiger partial charge in [0.05, 0.1) is 24.0 Å². The van der Waals surface area contributed by atoms with E-state index < -0.39 is 27.4 Å². The number of rotatable bonds is 12. The van der Waals surface area contributed by atoms with Crippen molar-refractivity contribution < 1.29 is 27.8 Å². The molecule has 0 unspecified atom stereocenters. The van der Waals surface area contributed by atoms with E-state index in [0.717, 1.165) is 51.4 Å². The van der Waals surface area contributed by atoms with E-state index in [9.17, 15) is 18.3 Å². The molecule has 2 aliphatic rings. The molecule has 2 N–H and O–H groups in total. The molecule has 1 amide bonds. The van der Waals surface area contributed by atoms with Gasteiger partial charge in [0.15, 0.2) is 0 Å². The van der Waals surface area contributed by atoms with Crippen LogP contribution in [0.15, 0.2) is 53.4 Å². The van der Waals surface area contributed by atoms with Gasteiger partial charge in [-0.15, -0.1) is 0 Å². The fraction of sp³-hybridized carbons (Fsp3) is 0.567. The van der Waals surface area contributed by atoms with Crippen molar-refractivity contribution in [2.75, 3.05) is 27.4 Å². The van der Waals surface area contributed by atoms with Gasteiger partial charge in [-0.1, -0.05) is 43.9 Å². The molecule has 9 heteroatoms. The lowest BCUT2D eigenvalue weighted by atomic mass is 9.84. The van der Waals surface area contributed by atoms with Crippen LogP contribution >= 0.6 is 0 Å². The summed E-state index contributed by atoms with van der Waals surface area (Å²) >= 11 is 0. The van der Waals surface area contributed by atoms with E-state index in [1.54, 1.807) is 54.9 Å². The van der Waals surface area contributed by atoms with Gasteiger partial charge in [-0.3, -0.25) is 4.79 Å². The number of para-hydroxylation sites is 1. The van der Waals surface area contributed by atoms with Gasteiger partial charge in [0.25, 0.3) is 0 Å². The molecular formula is C30H42N2O6S. The third kappa shape index (κ3) is 6.42. The van der Waals surface area contributed by atoms with E-state index in [-0.39, 0.29) is 29.1 Å². The van der Waals surface area contributed by atoms with Crippen LogP contribution in [0.4, 0.5) is 0 Å². The molecule has 0 heterocycles. The number of nitrogens with one attached hydrogen (secondary N) is 1. The second-order valence-electron chi connectivity index (χ2n) is 11.0. The predicted molar refractivity (Wildman–Crippen MR) is 150 cm³/mol. The molecule has 8 nitrogen and oxygen atoms in total. The van der Waals surface area contributed by atoms with Crippen molar-refractivity contribution in [3.63, 3.8) is 0 Å². The minimum atomic E-state index is -3.86. The van der Waals surface area contributed by atoms with E-state index in [1.165, 1.54) is 0 Å². The van der Waals surface area contributed by atoms with Crippen molar-refractivity contribution in [1.29, 1.82) is 0 Å². The number of phenols is 1. The Labute approximate surface area is 232 Å². The number of methoxy groups -OCH3 is 2. The van der Waals surface area contributed by atoms with Crippen molar-refractivity contribution in [2.24, 2.45) is 5.41 Å². The van der Waals surface area contributed by atoms with Crippen molar-refractivity contribution in [3.05, 3.63) is 54.1 Å². The molecule has 0 saturated heterocycles. The van der Waals surface area contributed by atoms with Crippen LogP contribution in [0.25, 0.3) is 0 Å². The molecule has 0 aliphatic heterocycles. The molecule has 214 valence electrons. The van der Waals surface area contributed by atoms with E-state index >= 15 is 0 Å². The molecule has 0 bridgehead atoms. The molecule has 2 fully saturated rings. The number of sulfonamides is 1. The number of hydrogen-bond donors (Lipinski definition) is 2. The van der Waals surface area contributed by atoms with Crippen LogP contribution in [0, 0.1) is 5.41 Å². The van der Waals surface area contributed by atoms with Crippen LogP contribution in [0.5, 0.6) is 11.5 Å². The largest absolute Gasteiger partial charge is 0.508 e. The zero-order chi connectivity index (χ0) is 28.0. The first kappa shape index (κ1) is 29.4. The molecule has 2 saturated carbocycles. The lowest BCUT2D eigenvalue weighted by Gasteiger charge is -2.36. The van der Waals surface area contributed by atoms with Gasteiger partial charge >= 0.3 is 0 Å². The molecule has 0 radical (unpaired) electrons. The second-order valence-corrected chi connectivity index (χ2v) is 12.9. The SMILES string of the molecule is COCC1(C(=O)N[C@H](C)[C@H](CN(C2CCCC2)S(=O)(=O)c2ccc(OC)cc2)c2ccccc2O)CCCC1. The quantitative estimate of drug-likeness (QED) is 0.387. The molecule has 4 rings (SSSR count). The average molecular weight is 559 g/mol. The van der Waals surface area contributed by atoms with Crippen molar-refractivity contribution in [2.45, 2.75) is 81.2 Å². The van der Waals surface area contributed by atoms with Crippen LogP contribution in [0.3, 0.4) is 0 Å². The van der Waals surface area contributed by atoms with Gasteiger partial charge < -0.3 is 19.9 Å². The van der Waals surface area contributed by atoms with Crippen LogP contribution in [-0.2, 0) is 19.6 Å². The zero-order valence-corrected chi connectivity index (χ0v) is 24.1. The monoisotopic (exact) mass is 558 g/mol. The minimum absolute atomic E-state index is 0.0693. The summed E-state index contributed by atoms with van der Waals surface area (Å²) in [6, 6.07) is 12.9. The Morgan fingerprint density at radius 1 is 1.05 bits per heavy atom. The van der Waals surface area contributed by atoms with Gasteiger partial charge in [0.2, 0.25) is 15.9 Å². The number of phenolic OH excluding ortho intramolecular Hbond substituents is 1. The molecule has 2 aliphatic carbocycles. The molecular weight excluding hydrogens is 516 g/mol. The summed E-state index contributed by atoms with van der Waals surface area (Å²) in [7, 11) is -0.699. The van der Waals surface area contributed by atoms with Crippen LogP contribution < -0.4 is 10.1 Å². The minimum Gasteiger partial charge on any atom is -0.508 e. The normalized spacial score (nSPS) is 19.2. The molecule has 0 aromatic heterocycles. The Hall–Kier alpha value is -2.62. The highest BCUT2D eigenvalue weighted by molar-refractivity contribution is 7.89. The van der Waals surface area contributed by atoms with Gasteiger partial charge in [-0.25, -0.2) is 8.42 Å². The molecule has 2 aromatic carbocycles. The highest BCUT2D eigenvalue weighted by Gasteiger charge is 2.43. The summed E-state index contributed by atoms with van der Waals surface area (Å²) in [4.78, 5) is 13.8. The number of nitrogens with zero attached hydrogens (tertiary/aromatic N) is 1. The lowest BCUT2D eigenvalue weighted by molar-refractivity contribution is -0.134. The first-order valence-corrected chi connectivity index (χ1v) is 15.4. The summed E-state index contributed by atoms with van der Waals surface area (Å²) in [5.74, 6) is 0.135. The Bertz CT molecular complexity index is 1200. The van der Waals surface area contributed by atoms with Crippen LogP contribution in [-0.4, -0.2) is 63.2 Å². The summed E-state index contributed by atoms with van der Waals surface area (Å²) in [6.45, 7) is 2.39. The number of ether oxygens (including phenoxy) is 2. The number of aromatic hydroxyl groups is 1. The summed E-state index contributed by atoms with van der Waals surface area (Å²) in [5.41, 5.74) is 0.0394. The Balaban J connectivity index is 1.68. The first-order chi connectivity index (χ1) is 18.7. The summed E-state index contributed by atoms with van der Waals surface area (Å²) in [5, 5.41) is 14.1. The van der Waals surface area contributed by atoms with E-state index in [1.807, 2.05) is 19.1 Å². The maximum atomic E-state index is 14.1. The van der Waals surface area contributed by atoms with Crippen LogP contribution in [0.1, 0.15) is 69.8 Å². The number of amides is 1. The molecule has 0 spiro atoms. The predicted octanol–water partition coefficient (Wildman–Crippen LogP) is 4.83. The molecule has 2 atom stereocenters. The third-order valence-corrected chi connectivity index (χ3v) is 10.5. The van der Waals surface area contributed by atoms with Gasteiger partial charge in [0, 0.05) is 37.2 Å². The summed E-state index contributed by atoms with van der Waals surface area (Å²) < 4.78 is 40.4. The Morgan fingerprint density at radius 2 is 1.69 bits per heavy atom. The average Bonchev–Trinajstić information content (AvgIpc) is 3.63. The van der Waals surface area contributed by atoms with Crippen molar-refractivity contribution in [3.8, 4) is 11.5 Å². The maximum absolute atomic E-state index is 14.1. The topological polar surface area (TPSA) is 105 Å². The first-order valence-electron chi connectivity index (χ1n) is 14.0. The Kier molecular flexibility index (Phi) is 9.56. The second kappa shape index (κ2) is 12.7. The van der Waals surface area contributed by atoms with E-state index in [0.29, 0.717) is 17.9 Å². The van der Waals surface area contributed by atoms with E-state index in [2.05, 4.69) is 5.32 Å². The van der Waals surface area contributed by atoms with Crippen molar-refractivity contribution in [1.82, 2.24) is 9.62 Å². The molecule has 39 heavy (non-hydrogen) atoms. The fourth-order valence-electron chi connectivity index (χ4n) is 6.27. The summed E-state index contributed by atoms with van der Waals surface area (Å²) in [6.07, 6.45) is 6.97. The van der Waals surface area contributed by atoms with E-state index in [4.69, 9.17) is 9.47 Å². The smallest absolute Gasteiger partial charge is 0.243 e. The number of carbonyl (C=O) groups excluding carboxylic acids is 1. The van der Waals surface area contributed by atoms with Gasteiger partial charge in [-0.05, 0) is 62.9 Å². The third-order valence-electron chi connectivity index (χ3n) is 8.54. The van der Waals surface area contributed by atoms with Gasteiger partial charge in [0.1, 0.15) is 11.5 Å². The van der Waals surface area contributed by atoms with Gasteiger partial charge in [-0.2, -0.15) is 4.31 Å². The van der Waals surface area contributed by atoms with Crippen LogP contribution in [0.2, 0.25) is 0 Å². The van der Waals surface area contributed by atoms with Crippen molar-refractivity contribution >= 4 is 15.9 Å². The molecule has 2 aromatic rings. The number of hydrogen-bond acceptors (Lipinski definition) is 6. The fourth-order valence-corrected chi connectivity index (χ4v) is 7.98. The zero-order valence-electron chi connectivity index (χ0n) is 23.3. The lowest BCUT2D eigenvalue weighted by Crippen LogP contribution is -2.50. The number of carbonyl (C=O) groups is 1. The standard InChI is InChI=1S/C30H42N2O6S/c1-22(31-29(34)30(21-37-2)18-8-9-19-30)27(26-12-6-7-13-28(26)33)20-32(23-10-4-5-11-23)39(35,36)25-16-14-24(38-3)15-17-25/h6-7,12-17,22-23,27,33H,4-5,8-11,18-21H2,1-3H3,(H,31,34)/t22-,27+/m1/s1. The maximum Gasteiger partial charge on any atom is 0.243 e. The number of benzene rings is 2. The highest BCUT2D eigenvalue weighted by Crippen LogP contribution is 2.40.